The number of halogens is 3. The van der Waals surface area contributed by atoms with Crippen LogP contribution in [-0.4, -0.2) is 13.0 Å². The van der Waals surface area contributed by atoms with Gasteiger partial charge in [0.2, 0.25) is 0 Å². The third kappa shape index (κ3) is 7.97. The molecule has 1 N–H and O–H groups in total. The summed E-state index contributed by atoms with van der Waals surface area (Å²) < 4.78 is 31.1. The fourth-order valence-electron chi connectivity index (χ4n) is 3.59. The first-order valence-electron chi connectivity index (χ1n) is 12.0. The number of anilines is 1. The Balaban J connectivity index is 1.41. The van der Waals surface area contributed by atoms with Gasteiger partial charge in [-0.2, -0.15) is 5.26 Å². The quantitative estimate of drug-likeness (QED) is 0.106. The smallest absolute Gasteiger partial charge is 0.266 e. The molecule has 1 amide bonds. The molecular weight excluding hydrogens is 646 g/mol. The average molecular weight is 669 g/mol. The molecule has 4 aromatic rings. The van der Waals surface area contributed by atoms with Gasteiger partial charge in [0.05, 0.1) is 10.7 Å². The fraction of sp³-hybridized carbons (Fsp3) is 0.0968. The summed E-state index contributed by atoms with van der Waals surface area (Å²) in [5.41, 5.74) is 2.80. The minimum atomic E-state index is -0.553. The van der Waals surface area contributed by atoms with Gasteiger partial charge in [0.15, 0.2) is 11.5 Å². The number of amides is 1. The molecule has 0 aliphatic carbocycles. The summed E-state index contributed by atoms with van der Waals surface area (Å²) in [6.07, 6.45) is 1.48. The topological polar surface area (TPSA) is 80.6 Å². The zero-order valence-electron chi connectivity index (χ0n) is 21.3. The van der Waals surface area contributed by atoms with Crippen LogP contribution in [0.25, 0.3) is 6.08 Å². The van der Waals surface area contributed by atoms with Crippen molar-refractivity contribution in [2.75, 3.05) is 12.4 Å². The minimum Gasteiger partial charge on any atom is -0.493 e. The number of carbonyl (C=O) groups excluding carboxylic acids is 1. The normalized spacial score (nSPS) is 10.9. The van der Waals surface area contributed by atoms with E-state index in [1.165, 1.54) is 25.3 Å². The molecule has 4 rings (SSSR count). The van der Waals surface area contributed by atoms with E-state index in [0.29, 0.717) is 40.1 Å². The number of nitrogens with zero attached hydrogens (tertiary/aromatic N) is 1. The molecule has 0 aliphatic rings. The van der Waals surface area contributed by atoms with Crippen LogP contribution in [0.1, 0.15) is 16.7 Å². The number of carbonyl (C=O) groups is 1. The van der Waals surface area contributed by atoms with Crippen molar-refractivity contribution in [1.82, 2.24) is 0 Å². The van der Waals surface area contributed by atoms with E-state index in [2.05, 4.69) is 27.9 Å². The maximum atomic E-state index is 13.2. The molecule has 6 nitrogen and oxygen atoms in total. The first-order valence-corrected chi connectivity index (χ1v) is 13.5. The Morgan fingerprint density at radius 2 is 1.60 bits per heavy atom. The summed E-state index contributed by atoms with van der Waals surface area (Å²) in [5.74, 6) is 0.703. The predicted molar refractivity (Wildman–Crippen MR) is 161 cm³/mol. The Hall–Kier alpha value is -4.07. The second kappa shape index (κ2) is 13.8. The molecule has 0 atom stereocenters. The summed E-state index contributed by atoms with van der Waals surface area (Å²) >= 11 is 8.00. The summed E-state index contributed by atoms with van der Waals surface area (Å²) in [4.78, 5) is 12.8. The molecule has 0 heterocycles. The maximum absolute atomic E-state index is 13.2. The number of nitrogens with one attached hydrogen (secondary N) is 1. The lowest BCUT2D eigenvalue weighted by Crippen LogP contribution is -2.13. The van der Waals surface area contributed by atoms with Crippen LogP contribution in [0.4, 0.5) is 10.1 Å². The molecule has 202 valence electrons. The van der Waals surface area contributed by atoms with Crippen molar-refractivity contribution < 1.29 is 23.4 Å². The largest absolute Gasteiger partial charge is 0.493 e. The lowest BCUT2D eigenvalue weighted by molar-refractivity contribution is -0.112. The monoisotopic (exact) mass is 668 g/mol. The summed E-state index contributed by atoms with van der Waals surface area (Å²) in [7, 11) is 1.50. The number of methoxy groups -OCH3 is 1. The SMILES string of the molecule is COc1cc(/C=C(\C#N)C(=O)Nc2ccc(OCc3ccc(Cl)cc3)cc2)cc(I)c1OCc1ccc(F)cc1. The van der Waals surface area contributed by atoms with Crippen LogP contribution in [0, 0.1) is 20.7 Å². The predicted octanol–water partition coefficient (Wildman–Crippen LogP) is 7.80. The van der Waals surface area contributed by atoms with Gasteiger partial charge in [0.1, 0.15) is 36.4 Å². The molecule has 40 heavy (non-hydrogen) atoms. The van der Waals surface area contributed by atoms with Crippen LogP contribution in [0.3, 0.4) is 0 Å². The van der Waals surface area contributed by atoms with Crippen molar-refractivity contribution >= 4 is 51.9 Å². The third-order valence-corrected chi connectivity index (χ3v) is 6.71. The second-order valence-corrected chi connectivity index (χ2v) is 10.1. The highest BCUT2D eigenvalue weighted by atomic mass is 127. The number of rotatable bonds is 10. The van der Waals surface area contributed by atoms with Gasteiger partial charge in [0.25, 0.3) is 5.91 Å². The molecule has 0 saturated carbocycles. The summed E-state index contributed by atoms with van der Waals surface area (Å²) in [6, 6.07) is 25.7. The van der Waals surface area contributed by atoms with Crippen molar-refractivity contribution in [3.8, 4) is 23.3 Å². The Morgan fingerprint density at radius 3 is 2.23 bits per heavy atom. The molecule has 4 aromatic carbocycles. The van der Waals surface area contributed by atoms with Gasteiger partial charge in [-0.1, -0.05) is 35.9 Å². The average Bonchev–Trinajstić information content (AvgIpc) is 2.96. The number of ether oxygens (including phenoxy) is 3. The lowest BCUT2D eigenvalue weighted by Gasteiger charge is -2.14. The molecule has 0 unspecified atom stereocenters. The summed E-state index contributed by atoms with van der Waals surface area (Å²) in [5, 5.41) is 13.1. The van der Waals surface area contributed by atoms with E-state index in [-0.39, 0.29) is 18.0 Å². The second-order valence-electron chi connectivity index (χ2n) is 8.51. The van der Waals surface area contributed by atoms with Gasteiger partial charge in [-0.3, -0.25) is 4.79 Å². The van der Waals surface area contributed by atoms with Crippen molar-refractivity contribution in [3.05, 3.63) is 122 Å². The Morgan fingerprint density at radius 1 is 0.975 bits per heavy atom. The van der Waals surface area contributed by atoms with E-state index in [9.17, 15) is 14.4 Å². The lowest BCUT2D eigenvalue weighted by atomic mass is 10.1. The zero-order chi connectivity index (χ0) is 28.5. The van der Waals surface area contributed by atoms with Crippen molar-refractivity contribution in [3.63, 3.8) is 0 Å². The van der Waals surface area contributed by atoms with Crippen LogP contribution in [0.5, 0.6) is 17.2 Å². The first kappa shape index (κ1) is 28.9. The summed E-state index contributed by atoms with van der Waals surface area (Å²) in [6.45, 7) is 0.598. The zero-order valence-corrected chi connectivity index (χ0v) is 24.2. The Labute approximate surface area is 250 Å². The molecule has 0 bridgehead atoms. The molecule has 0 radical (unpaired) electrons. The van der Waals surface area contributed by atoms with Gasteiger partial charge in [-0.05, 0) is 106 Å². The van der Waals surface area contributed by atoms with E-state index in [1.54, 1.807) is 60.7 Å². The number of hydrogen-bond acceptors (Lipinski definition) is 5. The molecule has 0 aliphatic heterocycles. The molecule has 0 aromatic heterocycles. The van der Waals surface area contributed by atoms with Crippen LogP contribution < -0.4 is 19.5 Å². The third-order valence-electron chi connectivity index (χ3n) is 5.66. The minimum absolute atomic E-state index is 0.0825. The van der Waals surface area contributed by atoms with Gasteiger partial charge >= 0.3 is 0 Å². The highest BCUT2D eigenvalue weighted by Gasteiger charge is 2.14. The molecule has 9 heteroatoms. The maximum Gasteiger partial charge on any atom is 0.266 e. The number of benzene rings is 4. The molecule has 0 fully saturated rings. The molecule has 0 saturated heterocycles. The van der Waals surface area contributed by atoms with Gasteiger partial charge in [-0.25, -0.2) is 4.39 Å². The van der Waals surface area contributed by atoms with E-state index in [0.717, 1.165) is 14.7 Å². The highest BCUT2D eigenvalue weighted by molar-refractivity contribution is 14.1. The van der Waals surface area contributed by atoms with Gasteiger partial charge in [-0.15, -0.1) is 0 Å². The van der Waals surface area contributed by atoms with E-state index < -0.39 is 5.91 Å². The molecular formula is C31H23ClFIN2O4. The fourth-order valence-corrected chi connectivity index (χ4v) is 4.50. The van der Waals surface area contributed by atoms with Gasteiger partial charge < -0.3 is 19.5 Å². The van der Waals surface area contributed by atoms with E-state index in [4.69, 9.17) is 25.8 Å². The van der Waals surface area contributed by atoms with Gasteiger partial charge in [0, 0.05) is 10.7 Å². The van der Waals surface area contributed by atoms with Crippen LogP contribution in [0.15, 0.2) is 90.5 Å². The standard InChI is InChI=1S/C31H23ClFIN2O4/c1-38-29-16-22(15-28(34)30(29)40-19-21-4-8-25(33)9-5-21)14-23(17-35)31(37)36-26-10-12-27(13-11-26)39-18-20-2-6-24(32)7-3-20/h2-16H,18-19H2,1H3,(H,36,37)/b23-14+. The highest BCUT2D eigenvalue weighted by Crippen LogP contribution is 2.35. The van der Waals surface area contributed by atoms with Crippen LogP contribution in [0.2, 0.25) is 5.02 Å². The Bertz CT molecular complexity index is 1550. The van der Waals surface area contributed by atoms with E-state index >= 15 is 0 Å². The molecule has 0 spiro atoms. The van der Waals surface area contributed by atoms with Crippen LogP contribution in [-0.2, 0) is 18.0 Å². The number of hydrogen-bond donors (Lipinski definition) is 1. The number of nitriles is 1. The van der Waals surface area contributed by atoms with Crippen molar-refractivity contribution in [1.29, 1.82) is 5.26 Å². The van der Waals surface area contributed by atoms with Crippen molar-refractivity contribution in [2.45, 2.75) is 13.2 Å². The van der Waals surface area contributed by atoms with E-state index in [1.807, 2.05) is 18.2 Å². The van der Waals surface area contributed by atoms with Crippen LogP contribution >= 0.6 is 34.2 Å². The van der Waals surface area contributed by atoms with Crippen molar-refractivity contribution in [2.24, 2.45) is 0 Å². The Kier molecular flexibility index (Phi) is 10.00. The first-order chi connectivity index (χ1) is 19.3.